The van der Waals surface area contributed by atoms with E-state index >= 15 is 0 Å². The quantitative estimate of drug-likeness (QED) is 0.622. The van der Waals surface area contributed by atoms with E-state index in [9.17, 15) is 10.1 Å². The Morgan fingerprint density at radius 1 is 1.31 bits per heavy atom. The lowest BCUT2D eigenvalue weighted by atomic mass is 9.80. The second kappa shape index (κ2) is 8.41. The monoisotopic (exact) mass is 388 g/mol. The molecule has 6 nitrogen and oxygen atoms in total. The van der Waals surface area contributed by atoms with E-state index in [0.29, 0.717) is 11.3 Å². The number of benzene rings is 2. The van der Waals surface area contributed by atoms with Gasteiger partial charge in [-0.25, -0.2) is 4.79 Å². The number of nitriles is 1. The third-order valence-electron chi connectivity index (χ3n) is 4.63. The molecule has 2 aromatic carbocycles. The maximum atomic E-state index is 12.8. The maximum Gasteiger partial charge on any atom is 0.338 e. The largest absolute Gasteiger partial charge is 0.481 e. The highest BCUT2D eigenvalue weighted by Crippen LogP contribution is 2.46. The summed E-state index contributed by atoms with van der Waals surface area (Å²) in [5.74, 6) is 1.73. The molecule has 0 saturated heterocycles. The first-order chi connectivity index (χ1) is 14.0. The predicted octanol–water partition coefficient (Wildman–Crippen LogP) is 3.50. The van der Waals surface area contributed by atoms with Crippen LogP contribution in [-0.2, 0) is 14.3 Å². The fraction of sp³-hybridized carbons (Fsp3) is 0.217. The lowest BCUT2D eigenvalue weighted by molar-refractivity contribution is -0.139. The molecule has 1 heterocycles. The van der Waals surface area contributed by atoms with Gasteiger partial charge < -0.3 is 19.9 Å². The Morgan fingerprint density at radius 2 is 2.07 bits per heavy atom. The van der Waals surface area contributed by atoms with Gasteiger partial charge in [0.15, 0.2) is 0 Å². The van der Waals surface area contributed by atoms with Gasteiger partial charge in [0, 0.05) is 5.56 Å². The van der Waals surface area contributed by atoms with Crippen LogP contribution in [0.2, 0.25) is 0 Å². The second-order valence-electron chi connectivity index (χ2n) is 6.31. The molecule has 0 aliphatic carbocycles. The number of terminal acetylenes is 1. The number of rotatable bonds is 5. The number of nitrogens with zero attached hydrogens (tertiary/aromatic N) is 1. The van der Waals surface area contributed by atoms with Crippen LogP contribution in [0.25, 0.3) is 10.8 Å². The van der Waals surface area contributed by atoms with Crippen molar-refractivity contribution in [1.82, 2.24) is 0 Å². The molecule has 1 aliphatic rings. The van der Waals surface area contributed by atoms with E-state index in [-0.39, 0.29) is 36.0 Å². The first kappa shape index (κ1) is 19.9. The molecule has 6 heteroatoms. The van der Waals surface area contributed by atoms with Gasteiger partial charge in [0.25, 0.3) is 0 Å². The van der Waals surface area contributed by atoms with Crippen LogP contribution in [0.5, 0.6) is 5.75 Å². The number of ether oxygens (including phenoxy) is 3. The highest BCUT2D eigenvalue weighted by Gasteiger charge is 2.38. The van der Waals surface area contributed by atoms with E-state index < -0.39 is 11.9 Å². The molecule has 1 unspecified atom stereocenters. The number of carbonyl (C=O) groups excluding carboxylic acids is 1. The second-order valence-corrected chi connectivity index (χ2v) is 6.31. The minimum absolute atomic E-state index is 0.0348. The van der Waals surface area contributed by atoms with E-state index in [1.807, 2.05) is 30.3 Å². The number of nitrogens with two attached hydrogens (primary N) is 1. The number of hydrogen-bond acceptors (Lipinski definition) is 6. The third-order valence-corrected chi connectivity index (χ3v) is 4.63. The molecule has 0 amide bonds. The van der Waals surface area contributed by atoms with Crippen molar-refractivity contribution in [3.05, 3.63) is 64.8 Å². The van der Waals surface area contributed by atoms with E-state index in [2.05, 4.69) is 12.0 Å². The Morgan fingerprint density at radius 3 is 2.76 bits per heavy atom. The van der Waals surface area contributed by atoms with Gasteiger partial charge in [-0.2, -0.15) is 5.26 Å². The molecule has 3 rings (SSSR count). The van der Waals surface area contributed by atoms with Gasteiger partial charge in [0.2, 0.25) is 5.88 Å². The van der Waals surface area contributed by atoms with Gasteiger partial charge in [-0.15, -0.1) is 6.42 Å². The van der Waals surface area contributed by atoms with Crippen LogP contribution in [-0.4, -0.2) is 19.2 Å². The summed E-state index contributed by atoms with van der Waals surface area (Å²) in [6, 6.07) is 13.4. The summed E-state index contributed by atoms with van der Waals surface area (Å²) in [7, 11) is 0. The molecule has 2 N–H and O–H groups in total. The summed E-state index contributed by atoms with van der Waals surface area (Å²) < 4.78 is 16.5. The average molecular weight is 388 g/mol. The molecule has 2 aromatic rings. The fourth-order valence-corrected chi connectivity index (χ4v) is 3.46. The molecular formula is C23H20N2O4. The zero-order valence-electron chi connectivity index (χ0n) is 16.2. The Balaban J connectivity index is 2.36. The van der Waals surface area contributed by atoms with E-state index in [1.165, 1.54) is 0 Å². The summed E-state index contributed by atoms with van der Waals surface area (Å²) in [5, 5.41) is 11.6. The molecule has 1 atom stereocenters. The lowest BCUT2D eigenvalue weighted by Gasteiger charge is -2.28. The molecule has 0 spiro atoms. The van der Waals surface area contributed by atoms with Crippen molar-refractivity contribution in [2.75, 3.05) is 13.2 Å². The normalized spacial score (nSPS) is 16.1. The van der Waals surface area contributed by atoms with Crippen molar-refractivity contribution in [1.29, 1.82) is 5.26 Å². The van der Waals surface area contributed by atoms with Crippen molar-refractivity contribution in [2.24, 2.45) is 5.73 Å². The summed E-state index contributed by atoms with van der Waals surface area (Å²) in [4.78, 5) is 12.8. The van der Waals surface area contributed by atoms with Crippen molar-refractivity contribution in [3.8, 4) is 24.2 Å². The van der Waals surface area contributed by atoms with Crippen LogP contribution in [0, 0.1) is 23.7 Å². The van der Waals surface area contributed by atoms with Gasteiger partial charge in [-0.1, -0.05) is 36.3 Å². The van der Waals surface area contributed by atoms with E-state index in [0.717, 1.165) is 10.8 Å². The third kappa shape index (κ3) is 3.61. The molecule has 0 saturated carbocycles. The first-order valence-corrected chi connectivity index (χ1v) is 9.06. The van der Waals surface area contributed by atoms with Crippen LogP contribution < -0.4 is 10.5 Å². The number of esters is 1. The molecular weight excluding hydrogens is 368 g/mol. The molecule has 0 fully saturated rings. The topological polar surface area (TPSA) is 94.6 Å². The first-order valence-electron chi connectivity index (χ1n) is 9.06. The van der Waals surface area contributed by atoms with E-state index in [4.69, 9.17) is 26.4 Å². The zero-order valence-corrected chi connectivity index (χ0v) is 16.2. The predicted molar refractivity (Wildman–Crippen MR) is 108 cm³/mol. The molecule has 29 heavy (non-hydrogen) atoms. The fourth-order valence-electron chi connectivity index (χ4n) is 3.46. The van der Waals surface area contributed by atoms with E-state index in [1.54, 1.807) is 19.9 Å². The maximum absolute atomic E-state index is 12.8. The molecule has 1 aliphatic heterocycles. The van der Waals surface area contributed by atoms with Crippen molar-refractivity contribution < 1.29 is 19.0 Å². The minimum atomic E-state index is -0.813. The summed E-state index contributed by atoms with van der Waals surface area (Å²) in [6.07, 6.45) is 5.37. The minimum Gasteiger partial charge on any atom is -0.481 e. The molecule has 0 bridgehead atoms. The van der Waals surface area contributed by atoms with Gasteiger partial charge in [0.05, 0.1) is 18.1 Å². The number of fused-ring (bicyclic) bond motifs is 1. The standard InChI is InChI=1S/C23H20N2O4/c1-4-12-28-18-11-10-15-8-6-7-9-16(15)20(18)21-17(13-24)22(25)29-14(3)19(21)23(26)27-5-2/h1,6-11,21H,5,12,25H2,2-3H3. The van der Waals surface area contributed by atoms with Crippen molar-refractivity contribution >= 4 is 16.7 Å². The lowest BCUT2D eigenvalue weighted by Crippen LogP contribution is -2.26. The number of hydrogen-bond donors (Lipinski definition) is 1. The molecule has 0 aromatic heterocycles. The number of allylic oxidation sites excluding steroid dienone is 2. The highest BCUT2D eigenvalue weighted by atomic mass is 16.5. The number of carbonyl (C=O) groups is 1. The van der Waals surface area contributed by atoms with Gasteiger partial charge in [-0.05, 0) is 30.7 Å². The molecule has 0 radical (unpaired) electrons. The smallest absolute Gasteiger partial charge is 0.338 e. The van der Waals surface area contributed by atoms with Gasteiger partial charge in [0.1, 0.15) is 29.8 Å². The Hall–Kier alpha value is -3.90. The summed E-state index contributed by atoms with van der Waals surface area (Å²) >= 11 is 0. The average Bonchev–Trinajstić information content (AvgIpc) is 2.71. The van der Waals surface area contributed by atoms with Crippen molar-refractivity contribution in [2.45, 2.75) is 19.8 Å². The van der Waals surface area contributed by atoms with Crippen molar-refractivity contribution in [3.63, 3.8) is 0 Å². The SMILES string of the molecule is C#CCOc1ccc2ccccc2c1C1C(C#N)=C(N)OC(C)=C1C(=O)OCC. The van der Waals surface area contributed by atoms with Crippen LogP contribution in [0.1, 0.15) is 25.3 Å². The summed E-state index contributed by atoms with van der Waals surface area (Å²) in [5.41, 5.74) is 6.95. The van der Waals surface area contributed by atoms with Crippen LogP contribution in [0.15, 0.2) is 59.2 Å². The highest BCUT2D eigenvalue weighted by molar-refractivity contribution is 5.96. The zero-order chi connectivity index (χ0) is 21.0. The van der Waals surface area contributed by atoms with Gasteiger partial charge >= 0.3 is 5.97 Å². The van der Waals surface area contributed by atoms with Crippen LogP contribution >= 0.6 is 0 Å². The Labute approximate surface area is 169 Å². The Bertz CT molecular complexity index is 1120. The van der Waals surface area contributed by atoms with Crippen LogP contribution in [0.4, 0.5) is 0 Å². The summed E-state index contributed by atoms with van der Waals surface area (Å²) in [6.45, 7) is 3.54. The van der Waals surface area contributed by atoms with Crippen LogP contribution in [0.3, 0.4) is 0 Å². The van der Waals surface area contributed by atoms with Gasteiger partial charge in [-0.3, -0.25) is 0 Å². The Kier molecular flexibility index (Phi) is 5.76. The molecule has 146 valence electrons.